The van der Waals surface area contributed by atoms with Crippen molar-refractivity contribution in [2.45, 2.75) is 0 Å². The van der Waals surface area contributed by atoms with Crippen LogP contribution in [0.1, 0.15) is 10.4 Å². The number of nitrogens with two attached hydrogens (primary N) is 1. The Morgan fingerprint density at radius 3 is 2.47 bits per heavy atom. The average Bonchev–Trinajstić information content (AvgIpc) is 2.30. The number of pyridine rings is 1. The van der Waals surface area contributed by atoms with Gasteiger partial charge < -0.3 is 5.73 Å². The van der Waals surface area contributed by atoms with Crippen LogP contribution in [-0.4, -0.2) is 11.3 Å². The van der Waals surface area contributed by atoms with Gasteiger partial charge in [-0.2, -0.15) is 0 Å². The molecule has 3 heteroatoms. The summed E-state index contributed by atoms with van der Waals surface area (Å²) in [5.74, 6) is 0. The zero-order valence-corrected chi connectivity index (χ0v) is 8.05. The number of nitrogens with zero attached hydrogens (tertiary/aromatic N) is 1. The number of benzene rings is 1. The Hall–Kier alpha value is -2.16. The molecule has 1 heterocycles. The summed E-state index contributed by atoms with van der Waals surface area (Å²) in [6.07, 6.45) is 4.13. The van der Waals surface area contributed by atoms with Gasteiger partial charge in [-0.15, -0.1) is 0 Å². The number of anilines is 1. The van der Waals surface area contributed by atoms with Gasteiger partial charge in [0, 0.05) is 17.3 Å². The molecule has 0 bridgehead atoms. The van der Waals surface area contributed by atoms with Crippen LogP contribution < -0.4 is 5.73 Å². The van der Waals surface area contributed by atoms with E-state index < -0.39 is 0 Å². The minimum atomic E-state index is 0.636. The van der Waals surface area contributed by atoms with Crippen LogP contribution in [-0.2, 0) is 0 Å². The predicted octanol–water partition coefficient (Wildman–Crippen LogP) is 2.14. The second kappa shape index (κ2) is 3.92. The average molecular weight is 198 g/mol. The summed E-state index contributed by atoms with van der Waals surface area (Å²) in [4.78, 5) is 14.4. The second-order valence-electron chi connectivity index (χ2n) is 3.20. The van der Waals surface area contributed by atoms with E-state index in [2.05, 4.69) is 4.98 Å². The van der Waals surface area contributed by atoms with Gasteiger partial charge in [0.05, 0.1) is 11.9 Å². The minimum absolute atomic E-state index is 0.636. The highest BCUT2D eigenvalue weighted by molar-refractivity contribution is 5.79. The number of aromatic nitrogens is 1. The minimum Gasteiger partial charge on any atom is -0.397 e. The summed E-state index contributed by atoms with van der Waals surface area (Å²) in [6.45, 7) is 0. The zero-order chi connectivity index (χ0) is 10.7. The van der Waals surface area contributed by atoms with E-state index in [-0.39, 0.29) is 0 Å². The molecule has 0 unspecified atom stereocenters. The first-order chi connectivity index (χ1) is 7.31. The summed E-state index contributed by atoms with van der Waals surface area (Å²) in [5.41, 5.74) is 9.00. The maximum atomic E-state index is 10.5. The van der Waals surface area contributed by atoms with Gasteiger partial charge in [0.2, 0.25) is 0 Å². The lowest BCUT2D eigenvalue weighted by Gasteiger charge is -2.04. The predicted molar refractivity (Wildman–Crippen MR) is 59.5 cm³/mol. The van der Waals surface area contributed by atoms with Crippen LogP contribution in [0.5, 0.6) is 0 Å². The molecule has 2 N–H and O–H groups in total. The summed E-state index contributed by atoms with van der Waals surface area (Å²) in [7, 11) is 0. The number of hydrogen-bond donors (Lipinski definition) is 1. The largest absolute Gasteiger partial charge is 0.397 e. The van der Waals surface area contributed by atoms with Crippen LogP contribution >= 0.6 is 0 Å². The number of carbonyl (C=O) groups is 1. The van der Waals surface area contributed by atoms with Crippen LogP contribution in [0.25, 0.3) is 11.1 Å². The number of nitrogen functional groups attached to an aromatic ring is 1. The molecule has 3 nitrogen and oxygen atoms in total. The van der Waals surface area contributed by atoms with E-state index >= 15 is 0 Å². The molecule has 1 aromatic heterocycles. The highest BCUT2D eigenvalue weighted by Gasteiger charge is 2.01. The Morgan fingerprint density at radius 1 is 1.13 bits per heavy atom. The summed E-state index contributed by atoms with van der Waals surface area (Å²) in [5, 5.41) is 0. The quantitative estimate of drug-likeness (QED) is 0.752. The molecule has 0 aliphatic rings. The van der Waals surface area contributed by atoms with Gasteiger partial charge >= 0.3 is 0 Å². The lowest BCUT2D eigenvalue weighted by Crippen LogP contribution is -1.90. The van der Waals surface area contributed by atoms with Crippen LogP contribution in [0.15, 0.2) is 42.7 Å². The molecule has 0 saturated carbocycles. The molecule has 74 valence electrons. The van der Waals surface area contributed by atoms with Crippen molar-refractivity contribution in [3.8, 4) is 11.1 Å². The molecule has 0 atom stereocenters. The smallest absolute Gasteiger partial charge is 0.150 e. The third kappa shape index (κ3) is 1.86. The summed E-state index contributed by atoms with van der Waals surface area (Å²) in [6, 6.07) is 9.13. The zero-order valence-electron chi connectivity index (χ0n) is 8.05. The third-order valence-corrected chi connectivity index (χ3v) is 2.21. The Labute approximate surface area is 87.6 Å². The van der Waals surface area contributed by atoms with Crippen LogP contribution in [0.3, 0.4) is 0 Å². The van der Waals surface area contributed by atoms with Crippen molar-refractivity contribution in [1.82, 2.24) is 4.98 Å². The van der Waals surface area contributed by atoms with Crippen LogP contribution in [0, 0.1) is 0 Å². The molecule has 0 fully saturated rings. The van der Waals surface area contributed by atoms with Crippen molar-refractivity contribution in [3.63, 3.8) is 0 Å². The SMILES string of the molecule is Nc1cnccc1-c1ccc(C=O)cc1. The molecule has 0 aliphatic carbocycles. The van der Waals surface area contributed by atoms with E-state index in [1.54, 1.807) is 24.5 Å². The van der Waals surface area contributed by atoms with Gasteiger partial charge in [0.15, 0.2) is 0 Å². The third-order valence-electron chi connectivity index (χ3n) is 2.21. The van der Waals surface area contributed by atoms with E-state index in [9.17, 15) is 4.79 Å². The van der Waals surface area contributed by atoms with Crippen molar-refractivity contribution in [2.75, 3.05) is 5.73 Å². The Bertz CT molecular complexity index is 477. The van der Waals surface area contributed by atoms with Gasteiger partial charge in [-0.3, -0.25) is 9.78 Å². The van der Waals surface area contributed by atoms with Gasteiger partial charge in [0.1, 0.15) is 6.29 Å². The van der Waals surface area contributed by atoms with Crippen molar-refractivity contribution >= 4 is 12.0 Å². The van der Waals surface area contributed by atoms with Crippen LogP contribution in [0.4, 0.5) is 5.69 Å². The van der Waals surface area contributed by atoms with Crippen molar-refractivity contribution < 1.29 is 4.79 Å². The van der Waals surface area contributed by atoms with Crippen molar-refractivity contribution in [3.05, 3.63) is 48.3 Å². The van der Waals surface area contributed by atoms with E-state index in [1.807, 2.05) is 18.2 Å². The van der Waals surface area contributed by atoms with E-state index in [4.69, 9.17) is 5.73 Å². The molecular weight excluding hydrogens is 188 g/mol. The van der Waals surface area contributed by atoms with Gasteiger partial charge in [0.25, 0.3) is 0 Å². The highest BCUT2D eigenvalue weighted by Crippen LogP contribution is 2.24. The fourth-order valence-electron chi connectivity index (χ4n) is 1.41. The second-order valence-corrected chi connectivity index (χ2v) is 3.20. The first-order valence-electron chi connectivity index (χ1n) is 4.56. The normalized spacial score (nSPS) is 9.87. The Kier molecular flexibility index (Phi) is 2.46. The van der Waals surface area contributed by atoms with E-state index in [0.717, 1.165) is 17.4 Å². The van der Waals surface area contributed by atoms with Gasteiger partial charge in [-0.1, -0.05) is 24.3 Å². The summed E-state index contributed by atoms with van der Waals surface area (Å²) >= 11 is 0. The molecule has 0 saturated heterocycles. The lowest BCUT2D eigenvalue weighted by atomic mass is 10.0. The van der Waals surface area contributed by atoms with E-state index in [1.165, 1.54) is 0 Å². The number of carbonyl (C=O) groups excluding carboxylic acids is 1. The first-order valence-corrected chi connectivity index (χ1v) is 4.56. The summed E-state index contributed by atoms with van der Waals surface area (Å²) < 4.78 is 0. The fourth-order valence-corrected chi connectivity index (χ4v) is 1.41. The number of hydrogen-bond acceptors (Lipinski definition) is 3. The maximum Gasteiger partial charge on any atom is 0.150 e. The van der Waals surface area contributed by atoms with E-state index in [0.29, 0.717) is 11.3 Å². The Balaban J connectivity index is 2.46. The Morgan fingerprint density at radius 2 is 1.87 bits per heavy atom. The topological polar surface area (TPSA) is 56.0 Å². The van der Waals surface area contributed by atoms with Gasteiger partial charge in [-0.05, 0) is 11.6 Å². The molecule has 1 aromatic carbocycles. The standard InChI is InChI=1S/C12H10N2O/c13-12-7-14-6-5-11(12)10-3-1-9(8-15)2-4-10/h1-8H,13H2. The molecule has 0 spiro atoms. The van der Waals surface area contributed by atoms with Crippen molar-refractivity contribution in [1.29, 1.82) is 0 Å². The monoisotopic (exact) mass is 198 g/mol. The fraction of sp³-hybridized carbons (Fsp3) is 0. The first kappa shape index (κ1) is 9.40. The highest BCUT2D eigenvalue weighted by atomic mass is 16.1. The molecule has 0 aliphatic heterocycles. The van der Waals surface area contributed by atoms with Crippen molar-refractivity contribution in [2.24, 2.45) is 0 Å². The van der Waals surface area contributed by atoms with Crippen LogP contribution in [0.2, 0.25) is 0 Å². The number of aldehydes is 1. The molecular formula is C12H10N2O. The molecule has 0 radical (unpaired) electrons. The number of rotatable bonds is 2. The maximum absolute atomic E-state index is 10.5. The molecule has 2 aromatic rings. The van der Waals surface area contributed by atoms with Gasteiger partial charge in [-0.25, -0.2) is 0 Å². The lowest BCUT2D eigenvalue weighted by molar-refractivity contribution is 0.112. The molecule has 0 amide bonds. The molecule has 2 rings (SSSR count). The molecule has 15 heavy (non-hydrogen) atoms.